The molecule has 74 valence electrons. The predicted molar refractivity (Wildman–Crippen MR) is 56.6 cm³/mol. The number of Topliss-reactive ketones (excluding diaryl/α,β-unsaturated/α-hetero) is 1. The van der Waals surface area contributed by atoms with Gasteiger partial charge in [0, 0.05) is 6.42 Å². The number of ketones is 1. The third-order valence-corrected chi connectivity index (χ3v) is 2.98. The first-order valence-corrected chi connectivity index (χ1v) is 5.00. The highest BCUT2D eigenvalue weighted by Crippen LogP contribution is 2.31. The van der Waals surface area contributed by atoms with E-state index < -0.39 is 0 Å². The fraction of sp³-hybridized carbons (Fsp3) is 0.154. The Morgan fingerprint density at radius 3 is 2.80 bits per heavy atom. The van der Waals surface area contributed by atoms with Crippen molar-refractivity contribution in [3.05, 3.63) is 47.3 Å². The van der Waals surface area contributed by atoms with Gasteiger partial charge in [-0.25, -0.2) is 4.39 Å². The Kier molecular flexibility index (Phi) is 1.66. The lowest BCUT2D eigenvalue weighted by atomic mass is 9.87. The maximum atomic E-state index is 13.6. The highest BCUT2D eigenvalue weighted by atomic mass is 19.1. The van der Waals surface area contributed by atoms with E-state index in [4.69, 9.17) is 0 Å². The van der Waals surface area contributed by atoms with Gasteiger partial charge in [0.15, 0.2) is 5.78 Å². The molecule has 0 atom stereocenters. The second kappa shape index (κ2) is 2.89. The lowest BCUT2D eigenvalue weighted by Crippen LogP contribution is -2.11. The Hall–Kier alpha value is -1.70. The maximum absolute atomic E-state index is 13.6. The molecule has 0 amide bonds. The van der Waals surface area contributed by atoms with E-state index >= 15 is 0 Å². The van der Waals surface area contributed by atoms with E-state index in [1.165, 1.54) is 6.07 Å². The third-order valence-electron chi connectivity index (χ3n) is 2.98. The Labute approximate surface area is 86.5 Å². The van der Waals surface area contributed by atoms with Crippen LogP contribution in [0.5, 0.6) is 0 Å². The van der Waals surface area contributed by atoms with E-state index in [9.17, 15) is 9.18 Å². The van der Waals surface area contributed by atoms with Crippen LogP contribution in [0.2, 0.25) is 0 Å². The normalized spacial score (nSPS) is 14.6. The summed E-state index contributed by atoms with van der Waals surface area (Å²) < 4.78 is 13.6. The minimum absolute atomic E-state index is 0.0724. The van der Waals surface area contributed by atoms with Gasteiger partial charge in [-0.1, -0.05) is 24.3 Å². The molecule has 0 N–H and O–H groups in total. The summed E-state index contributed by atoms with van der Waals surface area (Å²) in [6, 6.07) is 8.95. The molecule has 0 fully saturated rings. The zero-order valence-electron chi connectivity index (χ0n) is 8.09. The Balaban J connectivity index is 2.55. The van der Waals surface area contributed by atoms with Gasteiger partial charge in [0.1, 0.15) is 5.82 Å². The molecule has 0 saturated heterocycles. The molecule has 1 aliphatic carbocycles. The van der Waals surface area contributed by atoms with E-state index in [0.717, 1.165) is 22.8 Å². The molecule has 2 aromatic rings. The first-order chi connectivity index (χ1) is 7.27. The minimum Gasteiger partial charge on any atom is -0.294 e. The highest BCUT2D eigenvalue weighted by molar-refractivity contribution is 6.11. The molecule has 2 aromatic carbocycles. The molecule has 0 spiro atoms. The van der Waals surface area contributed by atoms with Crippen molar-refractivity contribution in [1.29, 1.82) is 0 Å². The Bertz CT molecular complexity index is 572. The van der Waals surface area contributed by atoms with Gasteiger partial charge in [0.2, 0.25) is 0 Å². The lowest BCUT2D eigenvalue weighted by molar-refractivity contribution is 0.0978. The Morgan fingerprint density at radius 2 is 1.93 bits per heavy atom. The lowest BCUT2D eigenvalue weighted by Gasteiger charge is -2.16. The van der Waals surface area contributed by atoms with Gasteiger partial charge < -0.3 is 0 Å². The monoisotopic (exact) mass is 200 g/mol. The summed E-state index contributed by atoms with van der Waals surface area (Å²) in [5.41, 5.74) is 1.37. The van der Waals surface area contributed by atoms with Gasteiger partial charge in [-0.3, -0.25) is 4.79 Å². The van der Waals surface area contributed by atoms with Crippen molar-refractivity contribution in [3.63, 3.8) is 0 Å². The number of hydrogen-bond donors (Lipinski definition) is 0. The van der Waals surface area contributed by atoms with Crippen molar-refractivity contribution >= 4 is 16.6 Å². The van der Waals surface area contributed by atoms with E-state index in [-0.39, 0.29) is 17.2 Å². The molecule has 1 nitrogen and oxygen atoms in total. The van der Waals surface area contributed by atoms with E-state index in [1.54, 1.807) is 6.07 Å². The summed E-state index contributed by atoms with van der Waals surface area (Å²) in [7, 11) is 0. The number of halogens is 1. The standard InChI is InChI=1S/C13H9FO/c14-10-6-4-8-2-1-3-9-5-7-11(15)13(10)12(8)9/h1-4,6H,5,7H2. The molecule has 0 unspecified atom stereocenters. The summed E-state index contributed by atoms with van der Waals surface area (Å²) >= 11 is 0. The second-order valence-electron chi connectivity index (χ2n) is 3.86. The molecule has 15 heavy (non-hydrogen) atoms. The SMILES string of the molecule is O=C1CCc2cccc3ccc(F)c1c23. The van der Waals surface area contributed by atoms with Crippen molar-refractivity contribution in [2.45, 2.75) is 12.8 Å². The van der Waals surface area contributed by atoms with Crippen LogP contribution >= 0.6 is 0 Å². The third kappa shape index (κ3) is 1.11. The van der Waals surface area contributed by atoms with Gasteiger partial charge in [-0.05, 0) is 28.8 Å². The highest BCUT2D eigenvalue weighted by Gasteiger charge is 2.22. The van der Waals surface area contributed by atoms with E-state index in [2.05, 4.69) is 0 Å². The molecule has 0 heterocycles. The summed E-state index contributed by atoms with van der Waals surface area (Å²) in [6.45, 7) is 0. The maximum Gasteiger partial charge on any atom is 0.166 e. The number of carbonyl (C=O) groups is 1. The van der Waals surface area contributed by atoms with Crippen LogP contribution in [-0.2, 0) is 6.42 Å². The first kappa shape index (κ1) is 8.60. The predicted octanol–water partition coefficient (Wildman–Crippen LogP) is 3.11. The fourth-order valence-corrected chi connectivity index (χ4v) is 2.28. The average Bonchev–Trinajstić information content (AvgIpc) is 2.25. The number of aryl methyl sites for hydroxylation is 1. The molecule has 0 radical (unpaired) electrons. The number of carbonyl (C=O) groups excluding carboxylic acids is 1. The summed E-state index contributed by atoms with van der Waals surface area (Å²) in [5.74, 6) is -0.462. The van der Waals surface area contributed by atoms with Gasteiger partial charge in [0.25, 0.3) is 0 Å². The number of hydrogen-bond acceptors (Lipinski definition) is 1. The smallest absolute Gasteiger partial charge is 0.166 e. The zero-order valence-corrected chi connectivity index (χ0v) is 8.09. The van der Waals surface area contributed by atoms with Gasteiger partial charge >= 0.3 is 0 Å². The van der Waals surface area contributed by atoms with Crippen molar-refractivity contribution in [1.82, 2.24) is 0 Å². The van der Waals surface area contributed by atoms with Gasteiger partial charge in [-0.15, -0.1) is 0 Å². The van der Waals surface area contributed by atoms with Crippen molar-refractivity contribution in [2.24, 2.45) is 0 Å². The molecule has 0 saturated carbocycles. The molecule has 0 bridgehead atoms. The van der Waals surface area contributed by atoms with E-state index in [0.29, 0.717) is 6.42 Å². The molecule has 3 rings (SSSR count). The first-order valence-electron chi connectivity index (χ1n) is 5.00. The van der Waals surface area contributed by atoms with Crippen molar-refractivity contribution in [2.75, 3.05) is 0 Å². The van der Waals surface area contributed by atoms with Crippen LogP contribution in [0.1, 0.15) is 22.3 Å². The van der Waals surface area contributed by atoms with Crippen LogP contribution in [0.15, 0.2) is 30.3 Å². The van der Waals surface area contributed by atoms with Gasteiger partial charge in [0.05, 0.1) is 5.56 Å². The van der Waals surface area contributed by atoms with Crippen molar-refractivity contribution < 1.29 is 9.18 Å². The van der Waals surface area contributed by atoms with Crippen LogP contribution in [0.4, 0.5) is 4.39 Å². The molecular weight excluding hydrogens is 191 g/mol. The van der Waals surface area contributed by atoms with Gasteiger partial charge in [-0.2, -0.15) is 0 Å². The quantitative estimate of drug-likeness (QED) is 0.638. The summed E-state index contributed by atoms with van der Waals surface area (Å²) in [5, 5.41) is 1.77. The van der Waals surface area contributed by atoms with Crippen molar-refractivity contribution in [3.8, 4) is 0 Å². The van der Waals surface area contributed by atoms with Crippen LogP contribution in [0.3, 0.4) is 0 Å². The van der Waals surface area contributed by atoms with Crippen LogP contribution in [0.25, 0.3) is 10.8 Å². The summed E-state index contributed by atoms with van der Waals surface area (Å²) in [6.07, 6.45) is 1.15. The topological polar surface area (TPSA) is 17.1 Å². The van der Waals surface area contributed by atoms with E-state index in [1.807, 2.05) is 18.2 Å². The van der Waals surface area contributed by atoms with Crippen LogP contribution < -0.4 is 0 Å². The average molecular weight is 200 g/mol. The zero-order chi connectivity index (χ0) is 10.4. The Morgan fingerprint density at radius 1 is 1.07 bits per heavy atom. The molecule has 0 aromatic heterocycles. The fourth-order valence-electron chi connectivity index (χ4n) is 2.28. The number of rotatable bonds is 0. The molecule has 2 heteroatoms. The second-order valence-corrected chi connectivity index (χ2v) is 3.86. The molecule has 1 aliphatic rings. The van der Waals surface area contributed by atoms with Crippen LogP contribution in [0, 0.1) is 5.82 Å². The minimum atomic E-state index is -0.389. The van der Waals surface area contributed by atoms with Crippen LogP contribution in [-0.4, -0.2) is 5.78 Å². The molecule has 0 aliphatic heterocycles. The summed E-state index contributed by atoms with van der Waals surface area (Å²) in [4.78, 5) is 11.7. The largest absolute Gasteiger partial charge is 0.294 e. The molecular formula is C13H9FO. The number of benzene rings is 2.